The van der Waals surface area contributed by atoms with Gasteiger partial charge in [0.05, 0.1) is 29.1 Å². The number of rotatable bonds is 4. The second kappa shape index (κ2) is 5.92. The summed E-state index contributed by atoms with van der Waals surface area (Å²) in [4.78, 5) is 15.6. The molecule has 0 saturated carbocycles. The predicted molar refractivity (Wildman–Crippen MR) is 70.2 cm³/mol. The number of anilines is 1. The maximum absolute atomic E-state index is 11.7. The lowest BCUT2D eigenvalue weighted by molar-refractivity contribution is -0.116. The van der Waals surface area contributed by atoms with Crippen molar-refractivity contribution in [3.63, 3.8) is 0 Å². The Morgan fingerprint density at radius 2 is 2.39 bits per heavy atom. The first kappa shape index (κ1) is 13.0. The van der Waals surface area contributed by atoms with Gasteiger partial charge in [0.15, 0.2) is 0 Å². The minimum Gasteiger partial charge on any atom is -0.325 e. The summed E-state index contributed by atoms with van der Waals surface area (Å²) in [6.45, 7) is 0.480. The fraction of sp³-hybridized carbons (Fsp3) is 0.200. The first-order valence-electron chi connectivity index (χ1n) is 5.10. The van der Waals surface area contributed by atoms with Crippen molar-refractivity contribution in [2.45, 2.75) is 13.0 Å². The fourth-order valence-electron chi connectivity index (χ4n) is 1.28. The summed E-state index contributed by atoms with van der Waals surface area (Å²) in [7, 11) is 0. The van der Waals surface area contributed by atoms with Crippen molar-refractivity contribution >= 4 is 39.1 Å². The molecule has 1 N–H and O–H groups in total. The third kappa shape index (κ3) is 3.51. The van der Waals surface area contributed by atoms with Crippen molar-refractivity contribution in [2.24, 2.45) is 0 Å². The zero-order chi connectivity index (χ0) is 13.0. The lowest BCUT2D eigenvalue weighted by atomic mass is 10.3. The van der Waals surface area contributed by atoms with Gasteiger partial charge in [-0.2, -0.15) is 0 Å². The Morgan fingerprint density at radius 3 is 3.06 bits per heavy atom. The van der Waals surface area contributed by atoms with Crippen molar-refractivity contribution in [1.82, 2.24) is 20.0 Å². The van der Waals surface area contributed by atoms with Gasteiger partial charge in [0.1, 0.15) is 5.15 Å². The van der Waals surface area contributed by atoms with E-state index in [4.69, 9.17) is 11.6 Å². The summed E-state index contributed by atoms with van der Waals surface area (Å²) in [5.74, 6) is -0.124. The average molecular weight is 331 g/mol. The van der Waals surface area contributed by atoms with Gasteiger partial charge >= 0.3 is 0 Å². The third-order valence-electron chi connectivity index (χ3n) is 2.12. The molecular weight excluding hydrogens is 322 g/mol. The molecule has 94 valence electrons. The van der Waals surface area contributed by atoms with E-state index < -0.39 is 0 Å². The monoisotopic (exact) mass is 329 g/mol. The van der Waals surface area contributed by atoms with Crippen LogP contribution in [0.15, 0.2) is 29.1 Å². The van der Waals surface area contributed by atoms with E-state index in [2.05, 4.69) is 36.5 Å². The summed E-state index contributed by atoms with van der Waals surface area (Å²) in [5.41, 5.74) is 0.592. The van der Waals surface area contributed by atoms with E-state index in [0.717, 1.165) is 0 Å². The molecule has 2 rings (SSSR count). The molecule has 0 aliphatic rings. The van der Waals surface area contributed by atoms with Gasteiger partial charge < -0.3 is 5.32 Å². The van der Waals surface area contributed by atoms with E-state index in [1.165, 1.54) is 6.20 Å². The Hall–Kier alpha value is -1.47. The zero-order valence-electron chi connectivity index (χ0n) is 9.18. The van der Waals surface area contributed by atoms with Crippen LogP contribution in [0.25, 0.3) is 0 Å². The van der Waals surface area contributed by atoms with Gasteiger partial charge in [-0.15, -0.1) is 5.10 Å². The number of pyridine rings is 1. The number of carbonyl (C=O) groups is 1. The van der Waals surface area contributed by atoms with Crippen LogP contribution in [0.4, 0.5) is 5.69 Å². The van der Waals surface area contributed by atoms with Crippen LogP contribution in [0.1, 0.15) is 6.42 Å². The summed E-state index contributed by atoms with van der Waals surface area (Å²) in [5, 5.41) is 10.5. The van der Waals surface area contributed by atoms with Crippen LogP contribution in [-0.2, 0) is 11.3 Å². The first-order chi connectivity index (χ1) is 8.65. The number of hydrogen-bond donors (Lipinski definition) is 1. The van der Waals surface area contributed by atoms with Crippen LogP contribution in [0.3, 0.4) is 0 Å². The highest BCUT2D eigenvalue weighted by Gasteiger charge is 2.05. The van der Waals surface area contributed by atoms with E-state index in [-0.39, 0.29) is 5.91 Å². The topological polar surface area (TPSA) is 72.7 Å². The van der Waals surface area contributed by atoms with E-state index in [0.29, 0.717) is 28.3 Å². The van der Waals surface area contributed by atoms with E-state index >= 15 is 0 Å². The number of aryl methyl sites for hydroxylation is 1. The molecular formula is C10H9BrClN5O. The van der Waals surface area contributed by atoms with Crippen LogP contribution >= 0.6 is 27.5 Å². The maximum Gasteiger partial charge on any atom is 0.226 e. The van der Waals surface area contributed by atoms with Gasteiger partial charge in [-0.3, -0.25) is 9.48 Å². The molecule has 2 aromatic rings. The van der Waals surface area contributed by atoms with Crippen LogP contribution in [0.2, 0.25) is 5.15 Å². The SMILES string of the molecule is O=C(CCn1ccnn1)Nc1cnc(Cl)c(Br)c1. The molecule has 0 bridgehead atoms. The smallest absolute Gasteiger partial charge is 0.226 e. The fourth-order valence-corrected chi connectivity index (χ4v) is 1.73. The van der Waals surface area contributed by atoms with Gasteiger partial charge in [0.25, 0.3) is 0 Å². The molecule has 2 aromatic heterocycles. The summed E-state index contributed by atoms with van der Waals surface area (Å²) < 4.78 is 2.23. The molecule has 0 aliphatic heterocycles. The summed E-state index contributed by atoms with van der Waals surface area (Å²) in [6.07, 6.45) is 5.08. The Kier molecular flexibility index (Phi) is 4.27. The second-order valence-electron chi connectivity index (χ2n) is 3.46. The normalized spacial score (nSPS) is 10.3. The van der Waals surface area contributed by atoms with Crippen LogP contribution in [-0.4, -0.2) is 25.9 Å². The first-order valence-corrected chi connectivity index (χ1v) is 6.27. The molecule has 18 heavy (non-hydrogen) atoms. The maximum atomic E-state index is 11.7. The van der Waals surface area contributed by atoms with E-state index in [1.807, 2.05) is 0 Å². The van der Waals surface area contributed by atoms with Crippen molar-refractivity contribution in [1.29, 1.82) is 0 Å². The molecule has 0 spiro atoms. The number of nitrogens with one attached hydrogen (secondary N) is 1. The summed E-state index contributed by atoms with van der Waals surface area (Å²) in [6, 6.07) is 1.70. The Bertz CT molecular complexity index is 545. The second-order valence-corrected chi connectivity index (χ2v) is 4.67. The van der Waals surface area contributed by atoms with Gasteiger partial charge in [0.2, 0.25) is 5.91 Å². The predicted octanol–water partition coefficient (Wildman–Crippen LogP) is 2.12. The minimum atomic E-state index is -0.124. The number of halogens is 2. The van der Waals surface area contributed by atoms with Crippen molar-refractivity contribution in [3.8, 4) is 0 Å². The molecule has 0 aliphatic carbocycles. The average Bonchev–Trinajstić information content (AvgIpc) is 2.84. The molecule has 8 heteroatoms. The molecule has 2 heterocycles. The molecule has 0 fully saturated rings. The van der Waals surface area contributed by atoms with Crippen molar-refractivity contribution in [3.05, 3.63) is 34.3 Å². The molecule has 0 unspecified atom stereocenters. The zero-order valence-corrected chi connectivity index (χ0v) is 11.5. The van der Waals surface area contributed by atoms with Gasteiger partial charge in [-0.1, -0.05) is 16.8 Å². The molecule has 6 nitrogen and oxygen atoms in total. The third-order valence-corrected chi connectivity index (χ3v) is 3.25. The van der Waals surface area contributed by atoms with E-state index in [1.54, 1.807) is 23.1 Å². The largest absolute Gasteiger partial charge is 0.325 e. The molecule has 0 radical (unpaired) electrons. The Morgan fingerprint density at radius 1 is 1.56 bits per heavy atom. The highest BCUT2D eigenvalue weighted by atomic mass is 79.9. The Labute approximate surface area is 116 Å². The summed E-state index contributed by atoms with van der Waals surface area (Å²) >= 11 is 9.00. The molecule has 1 amide bonds. The highest BCUT2D eigenvalue weighted by Crippen LogP contribution is 2.22. The standard InChI is InChI=1S/C10H9BrClN5O/c11-8-5-7(6-13-10(8)12)15-9(18)1-3-17-4-2-14-16-17/h2,4-6H,1,3H2,(H,15,18). The van der Waals surface area contributed by atoms with Crippen LogP contribution < -0.4 is 5.32 Å². The van der Waals surface area contributed by atoms with Crippen LogP contribution in [0, 0.1) is 0 Å². The van der Waals surface area contributed by atoms with Gasteiger partial charge in [-0.05, 0) is 22.0 Å². The molecule has 0 aromatic carbocycles. The van der Waals surface area contributed by atoms with Gasteiger partial charge in [0, 0.05) is 12.6 Å². The lowest BCUT2D eigenvalue weighted by Crippen LogP contribution is -2.15. The molecule has 0 saturated heterocycles. The highest BCUT2D eigenvalue weighted by molar-refractivity contribution is 9.10. The molecule has 0 atom stereocenters. The quantitative estimate of drug-likeness (QED) is 0.872. The Balaban J connectivity index is 1.88. The number of nitrogens with zero attached hydrogens (tertiary/aromatic N) is 4. The number of hydrogen-bond acceptors (Lipinski definition) is 4. The van der Waals surface area contributed by atoms with Crippen molar-refractivity contribution < 1.29 is 4.79 Å². The number of amides is 1. The van der Waals surface area contributed by atoms with E-state index in [9.17, 15) is 4.79 Å². The number of aromatic nitrogens is 4. The minimum absolute atomic E-state index is 0.124. The van der Waals surface area contributed by atoms with Crippen molar-refractivity contribution in [2.75, 3.05) is 5.32 Å². The number of carbonyl (C=O) groups excluding carboxylic acids is 1. The van der Waals surface area contributed by atoms with Crippen LogP contribution in [0.5, 0.6) is 0 Å². The lowest BCUT2D eigenvalue weighted by Gasteiger charge is -2.05. The van der Waals surface area contributed by atoms with Gasteiger partial charge in [-0.25, -0.2) is 4.98 Å².